The molecule has 2 heterocycles. The van der Waals surface area contributed by atoms with Crippen LogP contribution in [0.1, 0.15) is 26.7 Å². The van der Waals surface area contributed by atoms with E-state index in [1.54, 1.807) is 0 Å². The summed E-state index contributed by atoms with van der Waals surface area (Å²) in [5.41, 5.74) is 0. The fourth-order valence-electron chi connectivity index (χ4n) is 2.97. The molecule has 2 atom stereocenters. The van der Waals surface area contributed by atoms with Crippen LogP contribution < -0.4 is 5.32 Å². The first kappa shape index (κ1) is 14.3. The minimum absolute atomic E-state index is 0.0249. The van der Waals surface area contributed by atoms with Crippen molar-refractivity contribution in [2.45, 2.75) is 26.7 Å². The molecule has 0 aliphatic carbocycles. The molecule has 0 unspecified atom stereocenters. The van der Waals surface area contributed by atoms with Crippen molar-refractivity contribution in [3.63, 3.8) is 0 Å². The Morgan fingerprint density at radius 1 is 1.26 bits per heavy atom. The van der Waals surface area contributed by atoms with E-state index in [1.165, 1.54) is 0 Å². The lowest BCUT2D eigenvalue weighted by atomic mass is 9.93. The number of rotatable bonds is 3. The van der Waals surface area contributed by atoms with E-state index >= 15 is 0 Å². The SMILES string of the molecule is CCOC(=O)C1CCN(C(=O)[C@@H]2CNC[C@H]2C)CC1. The Morgan fingerprint density at radius 3 is 2.47 bits per heavy atom. The van der Waals surface area contributed by atoms with E-state index in [9.17, 15) is 9.59 Å². The van der Waals surface area contributed by atoms with Gasteiger partial charge in [0.25, 0.3) is 0 Å². The van der Waals surface area contributed by atoms with Gasteiger partial charge in [-0.1, -0.05) is 6.92 Å². The van der Waals surface area contributed by atoms with Gasteiger partial charge in [0.1, 0.15) is 0 Å². The Balaban J connectivity index is 1.82. The van der Waals surface area contributed by atoms with Crippen LogP contribution >= 0.6 is 0 Å². The summed E-state index contributed by atoms with van der Waals surface area (Å²) in [5, 5.41) is 3.26. The van der Waals surface area contributed by atoms with Crippen LogP contribution in [-0.2, 0) is 14.3 Å². The average Bonchev–Trinajstić information content (AvgIpc) is 2.84. The summed E-state index contributed by atoms with van der Waals surface area (Å²) < 4.78 is 5.04. The van der Waals surface area contributed by atoms with E-state index in [0.717, 1.165) is 25.9 Å². The third-order valence-electron chi connectivity index (χ3n) is 4.26. The largest absolute Gasteiger partial charge is 0.466 e. The molecule has 5 nitrogen and oxygen atoms in total. The molecule has 0 aromatic rings. The van der Waals surface area contributed by atoms with Crippen molar-refractivity contribution in [2.24, 2.45) is 17.8 Å². The lowest BCUT2D eigenvalue weighted by molar-refractivity contribution is -0.151. The number of amides is 1. The molecule has 5 heteroatoms. The first-order chi connectivity index (χ1) is 9.13. The summed E-state index contributed by atoms with van der Waals surface area (Å²) >= 11 is 0. The summed E-state index contributed by atoms with van der Waals surface area (Å²) in [6.07, 6.45) is 1.47. The van der Waals surface area contributed by atoms with Gasteiger partial charge in [-0.05, 0) is 32.2 Å². The second-order valence-electron chi connectivity index (χ2n) is 5.59. The average molecular weight is 268 g/mol. The Hall–Kier alpha value is -1.10. The number of esters is 1. The van der Waals surface area contributed by atoms with Crippen molar-refractivity contribution in [1.82, 2.24) is 10.2 Å². The molecule has 2 aliphatic heterocycles. The molecule has 1 amide bonds. The summed E-state index contributed by atoms with van der Waals surface area (Å²) in [5.74, 6) is 0.642. The van der Waals surface area contributed by atoms with E-state index < -0.39 is 0 Å². The minimum atomic E-state index is -0.106. The number of carbonyl (C=O) groups excluding carboxylic acids is 2. The zero-order valence-corrected chi connectivity index (χ0v) is 11.9. The lowest BCUT2D eigenvalue weighted by Crippen LogP contribution is -2.44. The van der Waals surface area contributed by atoms with Crippen molar-refractivity contribution in [3.05, 3.63) is 0 Å². The van der Waals surface area contributed by atoms with Crippen LogP contribution in [0, 0.1) is 17.8 Å². The lowest BCUT2D eigenvalue weighted by Gasteiger charge is -2.33. The number of piperidine rings is 1. The highest BCUT2D eigenvalue weighted by molar-refractivity contribution is 5.80. The molecule has 19 heavy (non-hydrogen) atoms. The van der Waals surface area contributed by atoms with Crippen LogP contribution in [-0.4, -0.2) is 49.6 Å². The van der Waals surface area contributed by atoms with Crippen molar-refractivity contribution in [3.8, 4) is 0 Å². The molecule has 108 valence electrons. The zero-order chi connectivity index (χ0) is 13.8. The molecular formula is C14H24N2O3. The molecule has 2 rings (SSSR count). The third-order valence-corrected chi connectivity index (χ3v) is 4.26. The third kappa shape index (κ3) is 3.26. The molecule has 2 saturated heterocycles. The quantitative estimate of drug-likeness (QED) is 0.763. The molecular weight excluding hydrogens is 244 g/mol. The number of nitrogens with one attached hydrogen (secondary N) is 1. The van der Waals surface area contributed by atoms with Gasteiger partial charge >= 0.3 is 5.97 Å². The van der Waals surface area contributed by atoms with Crippen LogP contribution in [0.5, 0.6) is 0 Å². The number of nitrogens with zero attached hydrogens (tertiary/aromatic N) is 1. The summed E-state index contributed by atoms with van der Waals surface area (Å²) in [4.78, 5) is 26.0. The van der Waals surface area contributed by atoms with Gasteiger partial charge in [0, 0.05) is 19.6 Å². The molecule has 0 spiro atoms. The van der Waals surface area contributed by atoms with Crippen LogP contribution in [0.2, 0.25) is 0 Å². The van der Waals surface area contributed by atoms with Gasteiger partial charge in [-0.15, -0.1) is 0 Å². The van der Waals surface area contributed by atoms with E-state index in [-0.39, 0.29) is 23.7 Å². The zero-order valence-electron chi connectivity index (χ0n) is 11.9. The number of hydrogen-bond acceptors (Lipinski definition) is 4. The van der Waals surface area contributed by atoms with Gasteiger partial charge in [-0.2, -0.15) is 0 Å². The van der Waals surface area contributed by atoms with Crippen LogP contribution in [0.3, 0.4) is 0 Å². The summed E-state index contributed by atoms with van der Waals surface area (Å²) in [6.45, 7) is 7.47. The minimum Gasteiger partial charge on any atom is -0.466 e. The van der Waals surface area contributed by atoms with Crippen molar-refractivity contribution in [2.75, 3.05) is 32.8 Å². The van der Waals surface area contributed by atoms with Crippen LogP contribution in [0.4, 0.5) is 0 Å². The fourth-order valence-corrected chi connectivity index (χ4v) is 2.97. The van der Waals surface area contributed by atoms with Crippen LogP contribution in [0.15, 0.2) is 0 Å². The Morgan fingerprint density at radius 2 is 1.95 bits per heavy atom. The molecule has 0 aromatic carbocycles. The number of carbonyl (C=O) groups is 2. The van der Waals surface area contributed by atoms with Crippen molar-refractivity contribution >= 4 is 11.9 Å². The molecule has 2 aliphatic rings. The first-order valence-corrected chi connectivity index (χ1v) is 7.29. The normalized spacial score (nSPS) is 28.4. The van der Waals surface area contributed by atoms with E-state index in [4.69, 9.17) is 4.74 Å². The molecule has 0 aromatic heterocycles. The molecule has 0 bridgehead atoms. The Kier molecular flexibility index (Phi) is 4.80. The maximum Gasteiger partial charge on any atom is 0.309 e. The topological polar surface area (TPSA) is 58.6 Å². The second kappa shape index (κ2) is 6.37. The van der Waals surface area contributed by atoms with Gasteiger partial charge in [0.2, 0.25) is 5.91 Å². The van der Waals surface area contributed by atoms with E-state index in [0.29, 0.717) is 25.6 Å². The van der Waals surface area contributed by atoms with Crippen molar-refractivity contribution < 1.29 is 14.3 Å². The summed E-state index contributed by atoms with van der Waals surface area (Å²) in [6, 6.07) is 0. The fraction of sp³-hybridized carbons (Fsp3) is 0.857. The summed E-state index contributed by atoms with van der Waals surface area (Å²) in [7, 11) is 0. The monoisotopic (exact) mass is 268 g/mol. The molecule has 1 N–H and O–H groups in total. The highest BCUT2D eigenvalue weighted by atomic mass is 16.5. The predicted octanol–water partition coefficient (Wildman–Crippen LogP) is 0.644. The molecule has 2 fully saturated rings. The number of hydrogen-bond donors (Lipinski definition) is 1. The maximum absolute atomic E-state index is 12.4. The maximum atomic E-state index is 12.4. The molecule has 0 radical (unpaired) electrons. The molecule has 0 saturated carbocycles. The highest BCUT2D eigenvalue weighted by Crippen LogP contribution is 2.24. The first-order valence-electron chi connectivity index (χ1n) is 7.29. The van der Waals surface area contributed by atoms with Gasteiger partial charge in [-0.25, -0.2) is 0 Å². The Bertz CT molecular complexity index is 338. The van der Waals surface area contributed by atoms with E-state index in [1.807, 2.05) is 11.8 Å². The van der Waals surface area contributed by atoms with Gasteiger partial charge in [-0.3, -0.25) is 9.59 Å². The highest BCUT2D eigenvalue weighted by Gasteiger charge is 2.35. The van der Waals surface area contributed by atoms with E-state index in [2.05, 4.69) is 12.2 Å². The van der Waals surface area contributed by atoms with Gasteiger partial charge in [0.05, 0.1) is 18.4 Å². The predicted molar refractivity (Wildman–Crippen MR) is 71.5 cm³/mol. The second-order valence-corrected chi connectivity index (χ2v) is 5.59. The number of likely N-dealkylation sites (tertiary alicyclic amines) is 1. The van der Waals surface area contributed by atoms with Gasteiger partial charge < -0.3 is 15.0 Å². The van der Waals surface area contributed by atoms with Gasteiger partial charge in [0.15, 0.2) is 0 Å². The van der Waals surface area contributed by atoms with Crippen LogP contribution in [0.25, 0.3) is 0 Å². The number of ether oxygens (including phenoxy) is 1. The smallest absolute Gasteiger partial charge is 0.309 e. The Labute approximate surface area is 114 Å². The standard InChI is InChI=1S/C14H24N2O3/c1-3-19-14(18)11-4-6-16(7-5-11)13(17)12-9-15-8-10(12)2/h10-12,15H,3-9H2,1-2H3/t10-,12-/m1/s1. The van der Waals surface area contributed by atoms with Crippen molar-refractivity contribution in [1.29, 1.82) is 0 Å².